The van der Waals surface area contributed by atoms with Crippen LogP contribution in [-0.4, -0.2) is 26.2 Å². The van der Waals surface area contributed by atoms with Crippen LogP contribution in [0.1, 0.15) is 22.2 Å². The number of rotatable bonds is 9. The van der Waals surface area contributed by atoms with Crippen LogP contribution in [0.15, 0.2) is 76.4 Å². The molecule has 11 heteroatoms. The molecule has 0 unspecified atom stereocenters. The van der Waals surface area contributed by atoms with E-state index >= 15 is 0 Å². The highest BCUT2D eigenvalue weighted by Crippen LogP contribution is 2.41. The Balaban J connectivity index is 1.67. The van der Waals surface area contributed by atoms with Crippen molar-refractivity contribution in [1.29, 1.82) is 0 Å². The summed E-state index contributed by atoms with van der Waals surface area (Å²) in [6.07, 6.45) is 0. The van der Waals surface area contributed by atoms with E-state index in [1.165, 1.54) is 23.9 Å². The van der Waals surface area contributed by atoms with E-state index in [9.17, 15) is 14.5 Å². The SMILES string of the molecule is Cc1nnc(S[C@H](C[N+](=O)[O-])c2cc(Br)ccc2OCc2ccc(Cl)cc2)n1-c1ccc(F)cc1. The van der Waals surface area contributed by atoms with E-state index in [0.29, 0.717) is 33.0 Å². The molecule has 3 aromatic carbocycles. The fourth-order valence-electron chi connectivity index (χ4n) is 3.41. The van der Waals surface area contributed by atoms with Gasteiger partial charge in [0.25, 0.3) is 0 Å². The van der Waals surface area contributed by atoms with E-state index in [-0.39, 0.29) is 23.9 Å². The van der Waals surface area contributed by atoms with Gasteiger partial charge >= 0.3 is 0 Å². The minimum Gasteiger partial charge on any atom is -0.489 e. The highest BCUT2D eigenvalue weighted by Gasteiger charge is 2.27. The zero-order valence-electron chi connectivity index (χ0n) is 18.4. The number of ether oxygens (including phenoxy) is 1. The predicted octanol–water partition coefficient (Wildman–Crippen LogP) is 6.82. The maximum Gasteiger partial charge on any atom is 0.220 e. The molecule has 0 bridgehead atoms. The minimum absolute atomic E-state index is 0.270. The molecule has 0 aliphatic rings. The minimum atomic E-state index is -0.634. The van der Waals surface area contributed by atoms with Crippen molar-refractivity contribution in [3.8, 4) is 11.4 Å². The van der Waals surface area contributed by atoms with E-state index in [1.807, 2.05) is 24.3 Å². The van der Waals surface area contributed by atoms with Crippen LogP contribution < -0.4 is 4.74 Å². The van der Waals surface area contributed by atoms with Gasteiger partial charge in [-0.05, 0) is 67.1 Å². The standard InChI is InChI=1S/C24H19BrClFN4O3S/c1-15-28-29-24(31(15)20-9-7-19(27)8-10-20)35-23(13-30(32)33)21-12-17(25)4-11-22(21)34-14-16-2-5-18(26)6-3-16/h2-12,23H,13-14H2,1H3/t23-/m1/s1. The summed E-state index contributed by atoms with van der Waals surface area (Å²) in [6, 6.07) is 18.6. The Morgan fingerprint density at radius 3 is 2.54 bits per heavy atom. The molecule has 0 amide bonds. The van der Waals surface area contributed by atoms with Gasteiger partial charge in [-0.2, -0.15) is 0 Å². The fourth-order valence-corrected chi connectivity index (χ4v) is 5.11. The maximum absolute atomic E-state index is 13.5. The summed E-state index contributed by atoms with van der Waals surface area (Å²) >= 11 is 10.6. The zero-order chi connectivity index (χ0) is 24.9. The molecule has 0 aliphatic carbocycles. The smallest absolute Gasteiger partial charge is 0.220 e. The van der Waals surface area contributed by atoms with Crippen LogP contribution in [0, 0.1) is 22.9 Å². The van der Waals surface area contributed by atoms with Gasteiger partial charge in [0.05, 0.1) is 0 Å². The summed E-state index contributed by atoms with van der Waals surface area (Å²) in [6.45, 7) is 1.67. The molecular formula is C24H19BrClFN4O3S. The van der Waals surface area contributed by atoms with Gasteiger partial charge in [-0.1, -0.05) is 51.4 Å². The second kappa shape index (κ2) is 11.2. The maximum atomic E-state index is 13.5. The van der Waals surface area contributed by atoms with E-state index in [0.717, 1.165) is 10.0 Å². The number of aryl methyl sites for hydroxylation is 1. The number of halogens is 3. The lowest BCUT2D eigenvalue weighted by Crippen LogP contribution is -2.12. The van der Waals surface area contributed by atoms with Crippen molar-refractivity contribution in [2.45, 2.75) is 23.9 Å². The molecule has 180 valence electrons. The summed E-state index contributed by atoms with van der Waals surface area (Å²) < 4.78 is 22.0. The molecule has 7 nitrogen and oxygen atoms in total. The van der Waals surface area contributed by atoms with E-state index < -0.39 is 5.25 Å². The number of benzene rings is 3. The van der Waals surface area contributed by atoms with Gasteiger partial charge in [0, 0.05) is 25.7 Å². The van der Waals surface area contributed by atoms with E-state index in [4.69, 9.17) is 16.3 Å². The van der Waals surface area contributed by atoms with Crippen LogP contribution in [0.5, 0.6) is 5.75 Å². The second-order valence-electron chi connectivity index (χ2n) is 7.56. The zero-order valence-corrected chi connectivity index (χ0v) is 21.6. The van der Waals surface area contributed by atoms with Gasteiger partial charge < -0.3 is 4.74 Å². The first-order chi connectivity index (χ1) is 16.8. The Morgan fingerprint density at radius 1 is 1.14 bits per heavy atom. The first-order valence-electron chi connectivity index (χ1n) is 10.4. The van der Waals surface area contributed by atoms with Gasteiger partial charge in [0.1, 0.15) is 29.2 Å². The van der Waals surface area contributed by atoms with Crippen LogP contribution in [0.4, 0.5) is 4.39 Å². The van der Waals surface area contributed by atoms with Gasteiger partial charge in [-0.3, -0.25) is 14.7 Å². The van der Waals surface area contributed by atoms with Crippen molar-refractivity contribution >= 4 is 39.3 Å². The lowest BCUT2D eigenvalue weighted by Gasteiger charge is -2.18. The number of thioether (sulfide) groups is 1. The average molecular weight is 578 g/mol. The first kappa shape index (κ1) is 25.2. The number of nitrogens with zero attached hydrogens (tertiary/aromatic N) is 4. The fraction of sp³-hybridized carbons (Fsp3) is 0.167. The molecule has 4 aromatic rings. The molecule has 35 heavy (non-hydrogen) atoms. The molecule has 0 spiro atoms. The largest absolute Gasteiger partial charge is 0.489 e. The Hall–Kier alpha value is -2.95. The summed E-state index contributed by atoms with van der Waals surface area (Å²) in [4.78, 5) is 11.3. The number of hydrogen-bond donors (Lipinski definition) is 0. The van der Waals surface area contributed by atoms with Crippen molar-refractivity contribution in [2.75, 3.05) is 6.54 Å². The van der Waals surface area contributed by atoms with Crippen molar-refractivity contribution in [2.24, 2.45) is 0 Å². The van der Waals surface area contributed by atoms with Gasteiger partial charge in [0.15, 0.2) is 5.16 Å². The van der Waals surface area contributed by atoms with Gasteiger partial charge in [-0.15, -0.1) is 10.2 Å². The normalized spacial score (nSPS) is 11.9. The summed E-state index contributed by atoms with van der Waals surface area (Å²) in [5, 5.41) is 20.4. The van der Waals surface area contributed by atoms with E-state index in [1.54, 1.807) is 41.8 Å². The molecular weight excluding hydrogens is 559 g/mol. The summed E-state index contributed by atoms with van der Waals surface area (Å²) in [7, 11) is 0. The van der Waals surface area contributed by atoms with Crippen LogP contribution in [0.2, 0.25) is 5.02 Å². The van der Waals surface area contributed by atoms with E-state index in [2.05, 4.69) is 26.1 Å². The molecule has 0 saturated heterocycles. The molecule has 0 aliphatic heterocycles. The Kier molecular flexibility index (Phi) is 8.04. The van der Waals surface area contributed by atoms with Crippen LogP contribution in [0.25, 0.3) is 5.69 Å². The molecule has 1 heterocycles. The van der Waals surface area contributed by atoms with Crippen LogP contribution in [0.3, 0.4) is 0 Å². The number of aromatic nitrogens is 3. The molecule has 0 fully saturated rings. The number of nitro groups is 1. The van der Waals surface area contributed by atoms with Gasteiger partial charge in [-0.25, -0.2) is 4.39 Å². The number of hydrogen-bond acceptors (Lipinski definition) is 6. The summed E-state index contributed by atoms with van der Waals surface area (Å²) in [5.41, 5.74) is 2.21. The molecule has 0 N–H and O–H groups in total. The highest BCUT2D eigenvalue weighted by atomic mass is 79.9. The molecule has 4 rings (SSSR count). The third kappa shape index (κ3) is 6.39. The van der Waals surface area contributed by atoms with Crippen LogP contribution in [-0.2, 0) is 6.61 Å². The van der Waals surface area contributed by atoms with Crippen LogP contribution >= 0.6 is 39.3 Å². The lowest BCUT2D eigenvalue weighted by molar-refractivity contribution is -0.479. The summed E-state index contributed by atoms with van der Waals surface area (Å²) in [5.74, 6) is 0.732. The Labute approximate surface area is 218 Å². The monoisotopic (exact) mass is 576 g/mol. The molecule has 0 saturated carbocycles. The quantitative estimate of drug-likeness (QED) is 0.123. The predicted molar refractivity (Wildman–Crippen MR) is 136 cm³/mol. The lowest BCUT2D eigenvalue weighted by atomic mass is 10.1. The molecule has 1 aromatic heterocycles. The topological polar surface area (TPSA) is 83.1 Å². The van der Waals surface area contributed by atoms with Crippen molar-refractivity contribution < 1.29 is 14.1 Å². The second-order valence-corrected chi connectivity index (χ2v) is 10.1. The molecule has 1 atom stereocenters. The average Bonchev–Trinajstić information content (AvgIpc) is 3.19. The Morgan fingerprint density at radius 2 is 1.86 bits per heavy atom. The third-order valence-corrected chi connectivity index (χ3v) is 6.98. The van der Waals surface area contributed by atoms with Crippen molar-refractivity contribution in [3.05, 3.63) is 109 Å². The highest BCUT2D eigenvalue weighted by molar-refractivity contribution is 9.10. The first-order valence-corrected chi connectivity index (χ1v) is 12.5. The van der Waals surface area contributed by atoms with Crippen molar-refractivity contribution in [3.63, 3.8) is 0 Å². The molecule has 0 radical (unpaired) electrons. The Bertz CT molecular complexity index is 1340. The van der Waals surface area contributed by atoms with Gasteiger partial charge in [0.2, 0.25) is 6.54 Å². The third-order valence-electron chi connectivity index (χ3n) is 5.07. The van der Waals surface area contributed by atoms with Crippen molar-refractivity contribution in [1.82, 2.24) is 14.8 Å².